The predicted molar refractivity (Wildman–Crippen MR) is 94.1 cm³/mol. The fourth-order valence-electron chi connectivity index (χ4n) is 3.24. The molecule has 8 nitrogen and oxygen atoms in total. The predicted octanol–water partition coefficient (Wildman–Crippen LogP) is 2.15. The third-order valence-corrected chi connectivity index (χ3v) is 4.75. The molecule has 2 amide bonds. The van der Waals surface area contributed by atoms with Gasteiger partial charge in [-0.05, 0) is 19.8 Å². The largest absolute Gasteiger partial charge is 0.383 e. The molecule has 0 radical (unpaired) electrons. The van der Waals surface area contributed by atoms with Crippen molar-refractivity contribution in [2.75, 3.05) is 11.9 Å². The van der Waals surface area contributed by atoms with E-state index in [0.717, 1.165) is 12.8 Å². The van der Waals surface area contributed by atoms with Gasteiger partial charge in [-0.25, -0.2) is 9.48 Å². The zero-order valence-corrected chi connectivity index (χ0v) is 14.8. The van der Waals surface area contributed by atoms with Crippen molar-refractivity contribution in [2.24, 2.45) is 7.05 Å². The van der Waals surface area contributed by atoms with Gasteiger partial charge in [-0.1, -0.05) is 19.3 Å². The first kappa shape index (κ1) is 17.5. The fraction of sp³-hybridized carbons (Fsp3) is 0.588. The van der Waals surface area contributed by atoms with Crippen LogP contribution in [0.3, 0.4) is 0 Å². The minimum absolute atomic E-state index is 0.0854. The lowest BCUT2D eigenvalue weighted by Gasteiger charge is -2.25. The van der Waals surface area contributed by atoms with Crippen molar-refractivity contribution >= 4 is 11.8 Å². The molecule has 8 heteroatoms. The average molecular weight is 346 g/mol. The Balaban J connectivity index is 1.57. The Morgan fingerprint density at radius 2 is 2.12 bits per heavy atom. The molecule has 1 saturated carbocycles. The Kier molecular flexibility index (Phi) is 5.08. The molecule has 3 rings (SSSR count). The van der Waals surface area contributed by atoms with Crippen LogP contribution >= 0.6 is 0 Å². The lowest BCUT2D eigenvalue weighted by molar-refractivity contribution is 0.0599. The molecule has 2 aromatic rings. The first-order valence-electron chi connectivity index (χ1n) is 8.75. The number of urea groups is 1. The van der Waals surface area contributed by atoms with Crippen LogP contribution in [0.4, 0.5) is 10.6 Å². The Morgan fingerprint density at radius 3 is 2.80 bits per heavy atom. The van der Waals surface area contributed by atoms with Crippen molar-refractivity contribution in [3.05, 3.63) is 30.2 Å². The second kappa shape index (κ2) is 7.26. The number of rotatable bonds is 5. The molecule has 1 fully saturated rings. The fourth-order valence-corrected chi connectivity index (χ4v) is 3.24. The standard InChI is InChI=1S/C17H26N6O2/c1-17(25,13-10-20-22(2)11-13)12-18-16(24)21-15-8-9-19-23(15)14-6-4-3-5-7-14/h8-11,14,25H,3-7,12H2,1-2H3,(H2,18,21,24). The summed E-state index contributed by atoms with van der Waals surface area (Å²) in [6.07, 6.45) is 10.9. The number of amides is 2. The Labute approximate surface area is 147 Å². The number of aryl methyl sites for hydroxylation is 1. The van der Waals surface area contributed by atoms with Crippen LogP contribution in [-0.4, -0.2) is 37.2 Å². The molecule has 0 bridgehead atoms. The molecule has 3 N–H and O–H groups in total. The lowest BCUT2D eigenvalue weighted by Crippen LogP contribution is -2.40. The first-order valence-corrected chi connectivity index (χ1v) is 8.75. The van der Waals surface area contributed by atoms with E-state index in [0.29, 0.717) is 17.4 Å². The molecule has 0 saturated heterocycles. The van der Waals surface area contributed by atoms with Crippen LogP contribution in [0.25, 0.3) is 0 Å². The number of aliphatic hydroxyl groups is 1. The van der Waals surface area contributed by atoms with E-state index < -0.39 is 5.60 Å². The van der Waals surface area contributed by atoms with Crippen molar-refractivity contribution < 1.29 is 9.90 Å². The van der Waals surface area contributed by atoms with Gasteiger partial charge in [0, 0.05) is 24.9 Å². The number of nitrogens with zero attached hydrogens (tertiary/aromatic N) is 4. The summed E-state index contributed by atoms with van der Waals surface area (Å²) in [6.45, 7) is 1.73. The van der Waals surface area contributed by atoms with E-state index in [1.165, 1.54) is 19.3 Å². The maximum absolute atomic E-state index is 12.2. The zero-order chi connectivity index (χ0) is 17.9. The number of carbonyl (C=O) groups is 1. The van der Waals surface area contributed by atoms with Crippen LogP contribution in [0.5, 0.6) is 0 Å². The molecule has 2 aromatic heterocycles. The molecule has 1 atom stereocenters. The van der Waals surface area contributed by atoms with Gasteiger partial charge in [-0.3, -0.25) is 10.00 Å². The molecule has 25 heavy (non-hydrogen) atoms. The molecule has 0 aromatic carbocycles. The summed E-state index contributed by atoms with van der Waals surface area (Å²) in [5.74, 6) is 0.686. The van der Waals surface area contributed by atoms with Crippen molar-refractivity contribution in [3.63, 3.8) is 0 Å². The van der Waals surface area contributed by atoms with Crippen LogP contribution in [0.1, 0.15) is 50.6 Å². The second-order valence-electron chi connectivity index (χ2n) is 6.94. The maximum Gasteiger partial charge on any atom is 0.320 e. The van der Waals surface area contributed by atoms with Crippen molar-refractivity contribution in [1.29, 1.82) is 0 Å². The summed E-state index contributed by atoms with van der Waals surface area (Å²) >= 11 is 0. The van der Waals surface area contributed by atoms with Gasteiger partial charge in [0.05, 0.1) is 25.0 Å². The molecule has 2 heterocycles. The third-order valence-electron chi connectivity index (χ3n) is 4.75. The minimum Gasteiger partial charge on any atom is -0.383 e. The van der Waals surface area contributed by atoms with Gasteiger partial charge in [-0.15, -0.1) is 0 Å². The van der Waals surface area contributed by atoms with Crippen molar-refractivity contribution in [1.82, 2.24) is 24.9 Å². The van der Waals surface area contributed by atoms with Crippen molar-refractivity contribution in [2.45, 2.75) is 50.7 Å². The minimum atomic E-state index is -1.19. The van der Waals surface area contributed by atoms with E-state index in [1.807, 2.05) is 4.68 Å². The van der Waals surface area contributed by atoms with Crippen LogP contribution in [0.2, 0.25) is 0 Å². The maximum atomic E-state index is 12.2. The van der Waals surface area contributed by atoms with E-state index in [-0.39, 0.29) is 12.6 Å². The summed E-state index contributed by atoms with van der Waals surface area (Å²) in [6, 6.07) is 1.78. The van der Waals surface area contributed by atoms with Crippen LogP contribution in [-0.2, 0) is 12.6 Å². The van der Waals surface area contributed by atoms with Gasteiger partial charge < -0.3 is 10.4 Å². The van der Waals surface area contributed by atoms with Gasteiger partial charge in [0.25, 0.3) is 0 Å². The quantitative estimate of drug-likeness (QED) is 0.773. The topological polar surface area (TPSA) is 97.0 Å². The molecule has 1 aliphatic rings. The van der Waals surface area contributed by atoms with Crippen molar-refractivity contribution in [3.8, 4) is 0 Å². The summed E-state index contributed by atoms with van der Waals surface area (Å²) in [7, 11) is 1.78. The number of aromatic nitrogens is 4. The molecular formula is C17H26N6O2. The number of nitrogens with one attached hydrogen (secondary N) is 2. The number of anilines is 1. The second-order valence-corrected chi connectivity index (χ2v) is 6.94. The molecule has 1 aliphatic carbocycles. The van der Waals surface area contributed by atoms with Crippen LogP contribution in [0, 0.1) is 0 Å². The molecule has 136 valence electrons. The van der Waals surface area contributed by atoms with E-state index in [2.05, 4.69) is 20.8 Å². The van der Waals surface area contributed by atoms with Crippen LogP contribution < -0.4 is 10.6 Å². The smallest absolute Gasteiger partial charge is 0.320 e. The number of carbonyl (C=O) groups excluding carboxylic acids is 1. The highest BCUT2D eigenvalue weighted by molar-refractivity contribution is 5.88. The Hall–Kier alpha value is -2.35. The van der Waals surface area contributed by atoms with Crippen LogP contribution in [0.15, 0.2) is 24.7 Å². The Morgan fingerprint density at radius 1 is 1.36 bits per heavy atom. The summed E-state index contributed by atoms with van der Waals surface area (Å²) < 4.78 is 3.52. The normalized spacial score (nSPS) is 17.9. The highest BCUT2D eigenvalue weighted by Gasteiger charge is 2.26. The average Bonchev–Trinajstić information content (AvgIpc) is 3.23. The molecule has 0 spiro atoms. The monoisotopic (exact) mass is 346 g/mol. The van der Waals surface area contributed by atoms with E-state index >= 15 is 0 Å². The van der Waals surface area contributed by atoms with E-state index in [4.69, 9.17) is 0 Å². The Bertz CT molecular complexity index is 714. The molecule has 0 aliphatic heterocycles. The van der Waals surface area contributed by atoms with Gasteiger partial charge in [0.15, 0.2) is 0 Å². The van der Waals surface area contributed by atoms with Gasteiger partial charge in [0.1, 0.15) is 11.4 Å². The highest BCUT2D eigenvalue weighted by Crippen LogP contribution is 2.29. The molecular weight excluding hydrogens is 320 g/mol. The summed E-state index contributed by atoms with van der Waals surface area (Å²) in [4.78, 5) is 12.2. The number of hydrogen-bond donors (Lipinski definition) is 3. The molecule has 1 unspecified atom stereocenters. The first-order chi connectivity index (χ1) is 12.0. The zero-order valence-electron chi connectivity index (χ0n) is 14.8. The number of hydrogen-bond acceptors (Lipinski definition) is 4. The van der Waals surface area contributed by atoms with E-state index in [9.17, 15) is 9.90 Å². The highest BCUT2D eigenvalue weighted by atomic mass is 16.3. The van der Waals surface area contributed by atoms with Gasteiger partial charge in [0.2, 0.25) is 0 Å². The summed E-state index contributed by atoms with van der Waals surface area (Å²) in [5, 5.41) is 24.5. The van der Waals surface area contributed by atoms with Gasteiger partial charge in [-0.2, -0.15) is 10.2 Å². The summed E-state index contributed by atoms with van der Waals surface area (Å²) in [5.41, 5.74) is -0.530. The lowest BCUT2D eigenvalue weighted by atomic mass is 9.96. The third kappa shape index (κ3) is 4.19. The van der Waals surface area contributed by atoms with Gasteiger partial charge >= 0.3 is 6.03 Å². The van der Waals surface area contributed by atoms with E-state index in [1.54, 1.807) is 43.3 Å². The SMILES string of the molecule is Cn1cc(C(C)(O)CNC(=O)Nc2ccnn2C2CCCCC2)cn1.